The zero-order chi connectivity index (χ0) is 13.7. The number of hydrogen-bond acceptors (Lipinski definition) is 3. The fraction of sp³-hybridized carbons (Fsp3) is 0.600. The summed E-state index contributed by atoms with van der Waals surface area (Å²) in [4.78, 5) is 2.14. The molecule has 0 bridgehead atoms. The maximum atomic E-state index is 5.60. The average Bonchev–Trinajstić information content (AvgIpc) is 2.78. The normalized spacial score (nSPS) is 18.0. The molecule has 4 heteroatoms. The van der Waals surface area contributed by atoms with Crippen LogP contribution in [0.25, 0.3) is 0 Å². The van der Waals surface area contributed by atoms with Crippen LogP contribution in [0.1, 0.15) is 23.6 Å². The first-order chi connectivity index (χ1) is 9.18. The molecule has 0 fully saturated rings. The molecule has 0 radical (unpaired) electrons. The molecule has 0 aromatic heterocycles. The number of likely N-dealkylation sites (N-methyl/N-ethyl adjacent to an activating group) is 1. The molecule has 19 heavy (non-hydrogen) atoms. The van der Waals surface area contributed by atoms with Crippen molar-refractivity contribution in [1.82, 2.24) is 10.2 Å². The van der Waals surface area contributed by atoms with E-state index in [9.17, 15) is 0 Å². The van der Waals surface area contributed by atoms with Crippen LogP contribution < -0.4 is 5.32 Å². The zero-order valence-electron chi connectivity index (χ0n) is 11.8. The van der Waals surface area contributed by atoms with Crippen LogP contribution in [-0.4, -0.2) is 45.3 Å². The zero-order valence-corrected chi connectivity index (χ0v) is 13.4. The minimum Gasteiger partial charge on any atom is -0.379 e. The van der Waals surface area contributed by atoms with Crippen molar-refractivity contribution in [2.75, 3.05) is 40.4 Å². The Bertz CT molecular complexity index is 409. The molecule has 0 saturated heterocycles. The van der Waals surface area contributed by atoms with Gasteiger partial charge >= 0.3 is 0 Å². The van der Waals surface area contributed by atoms with Crippen molar-refractivity contribution in [1.29, 1.82) is 0 Å². The summed E-state index contributed by atoms with van der Waals surface area (Å²) in [5.41, 5.74) is 2.91. The lowest BCUT2D eigenvalue weighted by Crippen LogP contribution is -2.25. The van der Waals surface area contributed by atoms with Crippen LogP contribution in [0.5, 0.6) is 0 Å². The Morgan fingerprint density at radius 2 is 2.21 bits per heavy atom. The van der Waals surface area contributed by atoms with Gasteiger partial charge in [-0.1, -0.05) is 28.1 Å². The van der Waals surface area contributed by atoms with Crippen molar-refractivity contribution in [3.8, 4) is 0 Å². The van der Waals surface area contributed by atoms with Gasteiger partial charge < -0.3 is 15.0 Å². The smallest absolute Gasteiger partial charge is 0.0593 e. The molecule has 3 nitrogen and oxygen atoms in total. The summed E-state index contributed by atoms with van der Waals surface area (Å²) in [5.74, 6) is 0. The Hall–Kier alpha value is -0.420. The van der Waals surface area contributed by atoms with Gasteiger partial charge in [0.25, 0.3) is 0 Å². The largest absolute Gasteiger partial charge is 0.379 e. The minimum absolute atomic E-state index is 0.491. The summed E-state index contributed by atoms with van der Waals surface area (Å²) in [7, 11) is 4.13. The SMILES string of the molecule is CN(C)CCOCCNC1CCc2c(Br)cccc21. The lowest BCUT2D eigenvalue weighted by molar-refractivity contribution is 0.117. The van der Waals surface area contributed by atoms with Gasteiger partial charge in [0.2, 0.25) is 0 Å². The molecule has 0 aliphatic heterocycles. The molecule has 1 aromatic carbocycles. The Morgan fingerprint density at radius 1 is 1.37 bits per heavy atom. The summed E-state index contributed by atoms with van der Waals surface area (Å²) < 4.78 is 6.85. The van der Waals surface area contributed by atoms with E-state index in [1.54, 1.807) is 0 Å². The van der Waals surface area contributed by atoms with Crippen LogP contribution in [0.3, 0.4) is 0 Å². The highest BCUT2D eigenvalue weighted by atomic mass is 79.9. The summed E-state index contributed by atoms with van der Waals surface area (Å²) in [6.07, 6.45) is 2.35. The topological polar surface area (TPSA) is 24.5 Å². The van der Waals surface area contributed by atoms with Gasteiger partial charge in [-0.05, 0) is 44.1 Å². The highest BCUT2D eigenvalue weighted by molar-refractivity contribution is 9.10. The summed E-state index contributed by atoms with van der Waals surface area (Å²) >= 11 is 3.63. The van der Waals surface area contributed by atoms with Crippen molar-refractivity contribution in [2.45, 2.75) is 18.9 Å². The van der Waals surface area contributed by atoms with Crippen LogP contribution in [0, 0.1) is 0 Å². The van der Waals surface area contributed by atoms with E-state index in [-0.39, 0.29) is 0 Å². The fourth-order valence-electron chi connectivity index (χ4n) is 2.48. The Kier molecular flexibility index (Phi) is 5.82. The standard InChI is InChI=1S/C15H23BrN2O/c1-18(2)9-11-19-10-8-17-15-7-6-12-13(15)4-3-5-14(12)16/h3-5,15,17H,6-11H2,1-2H3. The van der Waals surface area contributed by atoms with E-state index in [0.29, 0.717) is 6.04 Å². The molecule has 1 aliphatic carbocycles. The number of nitrogens with zero attached hydrogens (tertiary/aromatic N) is 1. The van der Waals surface area contributed by atoms with Crippen molar-refractivity contribution in [3.63, 3.8) is 0 Å². The third-order valence-corrected chi connectivity index (χ3v) is 4.28. The number of fused-ring (bicyclic) bond motifs is 1. The lowest BCUT2D eigenvalue weighted by Gasteiger charge is -2.15. The number of halogens is 1. The molecule has 1 aliphatic rings. The molecule has 2 rings (SSSR count). The summed E-state index contributed by atoms with van der Waals surface area (Å²) in [6, 6.07) is 6.98. The highest BCUT2D eigenvalue weighted by Gasteiger charge is 2.22. The molecule has 1 aromatic rings. The van der Waals surface area contributed by atoms with E-state index in [1.165, 1.54) is 22.0 Å². The van der Waals surface area contributed by atoms with E-state index in [1.807, 2.05) is 0 Å². The van der Waals surface area contributed by atoms with Crippen LogP contribution in [0.2, 0.25) is 0 Å². The second kappa shape index (κ2) is 7.39. The molecule has 1 N–H and O–H groups in total. The quantitative estimate of drug-likeness (QED) is 0.779. The second-order valence-electron chi connectivity index (χ2n) is 5.27. The Balaban J connectivity index is 1.70. The van der Waals surface area contributed by atoms with E-state index in [2.05, 4.69) is 58.4 Å². The summed E-state index contributed by atoms with van der Waals surface area (Å²) in [6.45, 7) is 3.50. The third-order valence-electron chi connectivity index (χ3n) is 3.53. The molecule has 106 valence electrons. The molecule has 0 saturated carbocycles. The van der Waals surface area contributed by atoms with Crippen molar-refractivity contribution < 1.29 is 4.74 Å². The predicted molar refractivity (Wildman–Crippen MR) is 82.6 cm³/mol. The van der Waals surface area contributed by atoms with Gasteiger partial charge in [-0.2, -0.15) is 0 Å². The van der Waals surface area contributed by atoms with Gasteiger partial charge in [-0.25, -0.2) is 0 Å². The highest BCUT2D eigenvalue weighted by Crippen LogP contribution is 2.35. The van der Waals surface area contributed by atoms with Crippen LogP contribution in [-0.2, 0) is 11.2 Å². The Labute approximate surface area is 124 Å². The molecule has 1 unspecified atom stereocenters. The molecule has 0 spiro atoms. The summed E-state index contributed by atoms with van der Waals surface area (Å²) in [5, 5.41) is 3.59. The maximum absolute atomic E-state index is 5.60. The first-order valence-corrected chi connectivity index (χ1v) is 7.71. The molecule has 0 amide bonds. The van der Waals surface area contributed by atoms with Gasteiger partial charge in [-0.15, -0.1) is 0 Å². The molecule has 0 heterocycles. The number of nitrogens with one attached hydrogen (secondary N) is 1. The first-order valence-electron chi connectivity index (χ1n) is 6.91. The van der Waals surface area contributed by atoms with E-state index in [0.717, 1.165) is 32.7 Å². The van der Waals surface area contributed by atoms with Gasteiger partial charge in [0, 0.05) is 23.6 Å². The third kappa shape index (κ3) is 4.28. The second-order valence-corrected chi connectivity index (χ2v) is 6.12. The maximum Gasteiger partial charge on any atom is 0.0593 e. The monoisotopic (exact) mass is 326 g/mol. The fourth-order valence-corrected chi connectivity index (χ4v) is 3.06. The van der Waals surface area contributed by atoms with Crippen molar-refractivity contribution in [2.24, 2.45) is 0 Å². The lowest BCUT2D eigenvalue weighted by atomic mass is 10.1. The predicted octanol–water partition coefficient (Wildman–Crippen LogP) is 2.60. The van der Waals surface area contributed by atoms with E-state index < -0.39 is 0 Å². The number of ether oxygens (including phenoxy) is 1. The van der Waals surface area contributed by atoms with Crippen molar-refractivity contribution in [3.05, 3.63) is 33.8 Å². The minimum atomic E-state index is 0.491. The van der Waals surface area contributed by atoms with Gasteiger partial charge in [0.15, 0.2) is 0 Å². The van der Waals surface area contributed by atoms with Crippen LogP contribution in [0.15, 0.2) is 22.7 Å². The number of hydrogen-bond donors (Lipinski definition) is 1. The van der Waals surface area contributed by atoms with E-state index in [4.69, 9.17) is 4.74 Å². The van der Waals surface area contributed by atoms with E-state index >= 15 is 0 Å². The molecule has 1 atom stereocenters. The first kappa shape index (κ1) is 15.0. The van der Waals surface area contributed by atoms with Gasteiger partial charge in [-0.3, -0.25) is 0 Å². The Morgan fingerprint density at radius 3 is 3.00 bits per heavy atom. The molecular weight excluding hydrogens is 304 g/mol. The average molecular weight is 327 g/mol. The van der Waals surface area contributed by atoms with Crippen LogP contribution >= 0.6 is 15.9 Å². The van der Waals surface area contributed by atoms with Crippen LogP contribution in [0.4, 0.5) is 0 Å². The number of benzene rings is 1. The number of rotatable bonds is 7. The van der Waals surface area contributed by atoms with Gasteiger partial charge in [0.1, 0.15) is 0 Å². The molecular formula is C15H23BrN2O. The van der Waals surface area contributed by atoms with Gasteiger partial charge in [0.05, 0.1) is 13.2 Å². The van der Waals surface area contributed by atoms with Crippen molar-refractivity contribution >= 4 is 15.9 Å².